The molecule has 2 aromatic rings. The molecule has 0 saturated carbocycles. The molecular weight excluding hydrogens is 272 g/mol. The molecule has 1 aromatic carbocycles. The van der Waals surface area contributed by atoms with Crippen LogP contribution in [0.1, 0.15) is 12.5 Å². The summed E-state index contributed by atoms with van der Waals surface area (Å²) in [6, 6.07) is 8.71. The van der Waals surface area contributed by atoms with Crippen LogP contribution in [0.3, 0.4) is 0 Å². The number of benzene rings is 1. The van der Waals surface area contributed by atoms with Crippen molar-refractivity contribution in [1.29, 1.82) is 5.26 Å². The largest absolute Gasteiger partial charge is 0.354 e. The van der Waals surface area contributed by atoms with Gasteiger partial charge in [0.2, 0.25) is 11.8 Å². The third-order valence-electron chi connectivity index (χ3n) is 2.60. The first-order chi connectivity index (χ1) is 10.2. The van der Waals surface area contributed by atoms with Crippen molar-refractivity contribution >= 4 is 23.1 Å². The zero-order valence-corrected chi connectivity index (χ0v) is 11.2. The highest BCUT2D eigenvalue weighted by atomic mass is 16.6. The molecule has 0 saturated heterocycles. The van der Waals surface area contributed by atoms with Crippen LogP contribution in [0.15, 0.2) is 30.5 Å². The van der Waals surface area contributed by atoms with Gasteiger partial charge in [-0.2, -0.15) is 10.2 Å². The molecule has 106 valence electrons. The lowest BCUT2D eigenvalue weighted by atomic mass is 10.2. The minimum Gasteiger partial charge on any atom is -0.354 e. The van der Waals surface area contributed by atoms with Crippen LogP contribution in [0.5, 0.6) is 0 Å². The van der Waals surface area contributed by atoms with Gasteiger partial charge in [0.25, 0.3) is 0 Å². The van der Waals surface area contributed by atoms with Crippen molar-refractivity contribution in [3.63, 3.8) is 0 Å². The number of para-hydroxylation sites is 1. The fourth-order valence-corrected chi connectivity index (χ4v) is 1.66. The van der Waals surface area contributed by atoms with Gasteiger partial charge in [0.15, 0.2) is 0 Å². The zero-order valence-electron chi connectivity index (χ0n) is 11.2. The third-order valence-corrected chi connectivity index (χ3v) is 2.60. The highest BCUT2D eigenvalue weighted by molar-refractivity contribution is 5.70. The summed E-state index contributed by atoms with van der Waals surface area (Å²) in [6.07, 6.45) is 1.13. The van der Waals surface area contributed by atoms with E-state index in [1.54, 1.807) is 24.3 Å². The Balaban J connectivity index is 2.43. The molecule has 0 aliphatic carbocycles. The zero-order chi connectivity index (χ0) is 15.2. The Bertz CT molecular complexity index is 710. The molecule has 21 heavy (non-hydrogen) atoms. The molecule has 8 nitrogen and oxygen atoms in total. The second kappa shape index (κ2) is 6.29. The summed E-state index contributed by atoms with van der Waals surface area (Å²) in [4.78, 5) is 18.4. The van der Waals surface area contributed by atoms with E-state index in [9.17, 15) is 10.1 Å². The quantitative estimate of drug-likeness (QED) is 0.639. The molecule has 1 aromatic heterocycles. The lowest BCUT2D eigenvalue weighted by Gasteiger charge is -2.09. The molecule has 8 heteroatoms. The number of nitrogens with one attached hydrogen (secondary N) is 2. The maximum atomic E-state index is 11.0. The molecular formula is C13H12N6O2. The summed E-state index contributed by atoms with van der Waals surface area (Å²) in [5, 5.41) is 25.8. The van der Waals surface area contributed by atoms with Crippen LogP contribution < -0.4 is 10.6 Å². The summed E-state index contributed by atoms with van der Waals surface area (Å²) in [7, 11) is 0. The molecule has 2 rings (SSSR count). The van der Waals surface area contributed by atoms with Gasteiger partial charge in [0, 0.05) is 6.54 Å². The van der Waals surface area contributed by atoms with Gasteiger partial charge >= 0.3 is 5.69 Å². The van der Waals surface area contributed by atoms with Crippen LogP contribution >= 0.6 is 0 Å². The minimum absolute atomic E-state index is 0.0358. The third kappa shape index (κ3) is 3.22. The first-order valence-electron chi connectivity index (χ1n) is 6.17. The van der Waals surface area contributed by atoms with E-state index in [0.717, 1.165) is 6.20 Å². The lowest BCUT2D eigenvalue weighted by Crippen LogP contribution is -2.07. The highest BCUT2D eigenvalue weighted by Crippen LogP contribution is 2.27. The Kier molecular flexibility index (Phi) is 4.26. The monoisotopic (exact) mass is 284 g/mol. The summed E-state index contributed by atoms with van der Waals surface area (Å²) < 4.78 is 0. The van der Waals surface area contributed by atoms with Crippen molar-refractivity contribution in [2.24, 2.45) is 0 Å². The van der Waals surface area contributed by atoms with E-state index < -0.39 is 4.92 Å². The number of nitro groups is 1. The molecule has 0 fully saturated rings. The SMILES string of the molecule is CCNc1ncc([N+](=O)[O-])c(Nc2ccccc2C#N)n1. The molecule has 0 bridgehead atoms. The molecule has 0 aliphatic heterocycles. The number of nitrogens with zero attached hydrogens (tertiary/aromatic N) is 4. The van der Waals surface area contributed by atoms with Gasteiger partial charge in [-0.05, 0) is 19.1 Å². The van der Waals surface area contributed by atoms with E-state index in [1.165, 1.54) is 0 Å². The van der Waals surface area contributed by atoms with E-state index in [-0.39, 0.29) is 17.5 Å². The molecule has 1 heterocycles. The first kappa shape index (κ1) is 14.2. The summed E-state index contributed by atoms with van der Waals surface area (Å²) in [5.41, 5.74) is 0.559. The standard InChI is InChI=1S/C13H12N6O2/c1-2-15-13-16-8-11(19(20)21)12(18-13)17-10-6-4-3-5-9(10)7-14/h3-6,8H,2H2,1H3,(H2,15,16,17,18). The molecule has 2 N–H and O–H groups in total. The van der Waals surface area contributed by atoms with Crippen LogP contribution in [0, 0.1) is 21.4 Å². The predicted octanol–water partition coefficient (Wildman–Crippen LogP) is 2.43. The fraction of sp³-hybridized carbons (Fsp3) is 0.154. The van der Waals surface area contributed by atoms with Crippen molar-refractivity contribution in [3.8, 4) is 6.07 Å². The average Bonchev–Trinajstić information content (AvgIpc) is 2.48. The van der Waals surface area contributed by atoms with Gasteiger partial charge in [-0.1, -0.05) is 12.1 Å². The second-order valence-electron chi connectivity index (χ2n) is 4.00. The van der Waals surface area contributed by atoms with E-state index in [2.05, 4.69) is 20.6 Å². The van der Waals surface area contributed by atoms with Gasteiger partial charge in [0.1, 0.15) is 12.3 Å². The van der Waals surface area contributed by atoms with E-state index in [0.29, 0.717) is 17.8 Å². The number of anilines is 3. The Morgan fingerprint density at radius 2 is 2.19 bits per heavy atom. The van der Waals surface area contributed by atoms with Crippen LogP contribution in [0.4, 0.5) is 23.1 Å². The predicted molar refractivity (Wildman–Crippen MR) is 77.3 cm³/mol. The Hall–Kier alpha value is -3.21. The Labute approximate surface area is 120 Å². The van der Waals surface area contributed by atoms with Crippen molar-refractivity contribution in [3.05, 3.63) is 46.1 Å². The van der Waals surface area contributed by atoms with Gasteiger partial charge in [-0.15, -0.1) is 0 Å². The van der Waals surface area contributed by atoms with E-state index >= 15 is 0 Å². The second-order valence-corrected chi connectivity index (χ2v) is 4.00. The average molecular weight is 284 g/mol. The number of aromatic nitrogens is 2. The molecule has 0 radical (unpaired) electrons. The van der Waals surface area contributed by atoms with Gasteiger partial charge in [0.05, 0.1) is 16.2 Å². The van der Waals surface area contributed by atoms with Crippen molar-refractivity contribution in [2.45, 2.75) is 6.92 Å². The fourth-order valence-electron chi connectivity index (χ4n) is 1.66. The topological polar surface area (TPSA) is 117 Å². The Morgan fingerprint density at radius 1 is 1.43 bits per heavy atom. The van der Waals surface area contributed by atoms with Gasteiger partial charge in [-0.25, -0.2) is 4.98 Å². The van der Waals surface area contributed by atoms with Crippen molar-refractivity contribution < 1.29 is 4.92 Å². The Morgan fingerprint density at radius 3 is 2.86 bits per heavy atom. The van der Waals surface area contributed by atoms with Gasteiger partial charge < -0.3 is 10.6 Å². The highest BCUT2D eigenvalue weighted by Gasteiger charge is 2.18. The van der Waals surface area contributed by atoms with Crippen molar-refractivity contribution in [1.82, 2.24) is 9.97 Å². The number of hydrogen-bond acceptors (Lipinski definition) is 7. The molecule has 0 spiro atoms. The lowest BCUT2D eigenvalue weighted by molar-refractivity contribution is -0.384. The molecule has 0 atom stereocenters. The summed E-state index contributed by atoms with van der Waals surface area (Å²) in [5.74, 6) is 0.314. The smallest absolute Gasteiger partial charge is 0.329 e. The number of nitriles is 1. The number of hydrogen-bond donors (Lipinski definition) is 2. The summed E-state index contributed by atoms with van der Waals surface area (Å²) in [6.45, 7) is 2.45. The van der Waals surface area contributed by atoms with Crippen LogP contribution in [0.25, 0.3) is 0 Å². The van der Waals surface area contributed by atoms with Crippen LogP contribution in [0.2, 0.25) is 0 Å². The molecule has 0 aliphatic rings. The molecule has 0 unspecified atom stereocenters. The minimum atomic E-state index is -0.576. The van der Waals surface area contributed by atoms with Crippen molar-refractivity contribution in [2.75, 3.05) is 17.2 Å². The number of rotatable bonds is 5. The van der Waals surface area contributed by atoms with Crippen LogP contribution in [-0.2, 0) is 0 Å². The van der Waals surface area contributed by atoms with E-state index in [4.69, 9.17) is 5.26 Å². The van der Waals surface area contributed by atoms with Crippen LogP contribution in [-0.4, -0.2) is 21.4 Å². The normalized spacial score (nSPS) is 9.71. The molecule has 0 amide bonds. The maximum Gasteiger partial charge on any atom is 0.329 e. The first-order valence-corrected chi connectivity index (χ1v) is 6.17. The van der Waals surface area contributed by atoms with E-state index in [1.807, 2.05) is 13.0 Å². The van der Waals surface area contributed by atoms with Gasteiger partial charge in [-0.3, -0.25) is 10.1 Å². The maximum absolute atomic E-state index is 11.0. The summed E-state index contributed by atoms with van der Waals surface area (Å²) >= 11 is 0.